The minimum atomic E-state index is 0.0242. The lowest BCUT2D eigenvalue weighted by atomic mass is 10.1. The molecule has 3 heteroatoms. The first kappa shape index (κ1) is 11.3. The van der Waals surface area contributed by atoms with E-state index in [0.29, 0.717) is 6.61 Å². The van der Waals surface area contributed by atoms with Crippen LogP contribution in [0.3, 0.4) is 0 Å². The lowest BCUT2D eigenvalue weighted by Gasteiger charge is -2.19. The van der Waals surface area contributed by atoms with Crippen molar-refractivity contribution in [3.63, 3.8) is 0 Å². The summed E-state index contributed by atoms with van der Waals surface area (Å²) in [6.45, 7) is 6.79. The second-order valence-corrected chi connectivity index (χ2v) is 4.54. The summed E-state index contributed by atoms with van der Waals surface area (Å²) in [5, 5.41) is 0. The van der Waals surface area contributed by atoms with Crippen molar-refractivity contribution in [2.45, 2.75) is 39.3 Å². The number of aryl methyl sites for hydroxylation is 2. The van der Waals surface area contributed by atoms with Crippen molar-refractivity contribution in [1.82, 2.24) is 0 Å². The topological polar surface area (TPSA) is 44.5 Å². The van der Waals surface area contributed by atoms with E-state index in [2.05, 4.69) is 13.8 Å². The first-order valence-corrected chi connectivity index (χ1v) is 5.74. The van der Waals surface area contributed by atoms with Crippen molar-refractivity contribution in [3.05, 3.63) is 23.3 Å². The predicted molar refractivity (Wildman–Crippen MR) is 64.1 cm³/mol. The zero-order chi connectivity index (χ0) is 11.7. The summed E-state index contributed by atoms with van der Waals surface area (Å²) in [6.07, 6.45) is 0.883. The van der Waals surface area contributed by atoms with Gasteiger partial charge in [0, 0.05) is 12.5 Å². The molecule has 0 aliphatic carbocycles. The third-order valence-electron chi connectivity index (χ3n) is 3.08. The molecule has 2 rings (SSSR count). The van der Waals surface area contributed by atoms with Crippen LogP contribution in [0.25, 0.3) is 0 Å². The maximum absolute atomic E-state index is 5.90. The molecule has 2 N–H and O–H groups in total. The van der Waals surface area contributed by atoms with Crippen LogP contribution in [0.1, 0.15) is 24.5 Å². The molecule has 0 saturated heterocycles. The average Bonchev–Trinajstić information content (AvgIpc) is 2.41. The molecule has 1 aliphatic heterocycles. The van der Waals surface area contributed by atoms with Crippen molar-refractivity contribution < 1.29 is 9.47 Å². The fraction of sp³-hybridized carbons (Fsp3) is 0.538. The first-order valence-electron chi connectivity index (χ1n) is 5.74. The minimum absolute atomic E-state index is 0.0242. The van der Waals surface area contributed by atoms with E-state index < -0.39 is 0 Å². The molecule has 3 nitrogen and oxygen atoms in total. The van der Waals surface area contributed by atoms with Crippen molar-refractivity contribution >= 4 is 0 Å². The zero-order valence-corrected chi connectivity index (χ0v) is 10.1. The first-order chi connectivity index (χ1) is 7.58. The lowest BCUT2D eigenvalue weighted by Crippen LogP contribution is -2.36. The smallest absolute Gasteiger partial charge is 0.161 e. The summed E-state index contributed by atoms with van der Waals surface area (Å²) in [4.78, 5) is 0. The third-order valence-corrected chi connectivity index (χ3v) is 3.08. The van der Waals surface area contributed by atoms with E-state index in [-0.39, 0.29) is 12.1 Å². The van der Waals surface area contributed by atoms with E-state index in [1.807, 2.05) is 19.1 Å². The van der Waals surface area contributed by atoms with Crippen LogP contribution < -0.4 is 15.2 Å². The number of fused-ring (bicyclic) bond motifs is 1. The van der Waals surface area contributed by atoms with Gasteiger partial charge in [-0.15, -0.1) is 0 Å². The van der Waals surface area contributed by atoms with Gasteiger partial charge in [-0.3, -0.25) is 0 Å². The van der Waals surface area contributed by atoms with Crippen molar-refractivity contribution in [2.75, 3.05) is 6.61 Å². The van der Waals surface area contributed by atoms with Crippen LogP contribution in [0.2, 0.25) is 0 Å². The molecule has 88 valence electrons. The van der Waals surface area contributed by atoms with Crippen molar-refractivity contribution in [3.8, 4) is 11.5 Å². The number of hydrogen-bond acceptors (Lipinski definition) is 3. The molecule has 1 aliphatic rings. The van der Waals surface area contributed by atoms with Crippen molar-refractivity contribution in [1.29, 1.82) is 0 Å². The van der Waals surface area contributed by atoms with Gasteiger partial charge in [0.05, 0.1) is 6.61 Å². The quantitative estimate of drug-likeness (QED) is 0.790. The summed E-state index contributed by atoms with van der Waals surface area (Å²) in [7, 11) is 0. The summed E-state index contributed by atoms with van der Waals surface area (Å²) >= 11 is 0. The van der Waals surface area contributed by atoms with Gasteiger partial charge in [-0.2, -0.15) is 0 Å². The molecule has 0 aromatic heterocycles. The van der Waals surface area contributed by atoms with E-state index in [9.17, 15) is 0 Å². The number of ether oxygens (including phenoxy) is 2. The highest BCUT2D eigenvalue weighted by atomic mass is 16.5. The van der Waals surface area contributed by atoms with E-state index >= 15 is 0 Å². The minimum Gasteiger partial charge on any atom is -0.490 e. The molecule has 1 aromatic carbocycles. The van der Waals surface area contributed by atoms with E-state index in [0.717, 1.165) is 17.9 Å². The Labute approximate surface area is 96.5 Å². The Morgan fingerprint density at radius 1 is 1.25 bits per heavy atom. The number of benzene rings is 1. The molecular weight excluding hydrogens is 202 g/mol. The molecular formula is C13H19NO2. The van der Waals surface area contributed by atoms with Crippen LogP contribution in [0.15, 0.2) is 12.1 Å². The second-order valence-electron chi connectivity index (χ2n) is 4.54. The van der Waals surface area contributed by atoms with Gasteiger partial charge in [0.2, 0.25) is 0 Å². The van der Waals surface area contributed by atoms with Gasteiger partial charge in [-0.05, 0) is 44.0 Å². The molecule has 16 heavy (non-hydrogen) atoms. The SMILES string of the molecule is Cc1cc2c(cc1C)OC(C(C)N)CCO2. The Morgan fingerprint density at radius 3 is 2.50 bits per heavy atom. The fourth-order valence-corrected chi connectivity index (χ4v) is 1.85. The van der Waals surface area contributed by atoms with Gasteiger partial charge in [0.25, 0.3) is 0 Å². The Morgan fingerprint density at radius 2 is 1.88 bits per heavy atom. The number of nitrogens with two attached hydrogens (primary N) is 1. The largest absolute Gasteiger partial charge is 0.490 e. The second kappa shape index (κ2) is 4.34. The molecule has 1 aromatic rings. The monoisotopic (exact) mass is 221 g/mol. The standard InChI is InChI=1S/C13H19NO2/c1-8-6-12-13(7-9(8)2)16-11(10(3)14)4-5-15-12/h6-7,10-11H,4-5,14H2,1-3H3. The number of hydrogen-bond donors (Lipinski definition) is 1. The summed E-state index contributed by atoms with van der Waals surface area (Å²) < 4.78 is 11.6. The number of rotatable bonds is 1. The molecule has 0 amide bonds. The van der Waals surface area contributed by atoms with Gasteiger partial charge in [-0.25, -0.2) is 0 Å². The molecule has 0 saturated carbocycles. The molecule has 2 unspecified atom stereocenters. The third kappa shape index (κ3) is 2.14. The molecule has 1 heterocycles. The van der Waals surface area contributed by atoms with Crippen LogP contribution in [0.5, 0.6) is 11.5 Å². The molecule has 0 bridgehead atoms. The highest BCUT2D eigenvalue weighted by molar-refractivity contribution is 5.47. The molecule has 0 radical (unpaired) electrons. The van der Waals surface area contributed by atoms with Gasteiger partial charge in [-0.1, -0.05) is 0 Å². The summed E-state index contributed by atoms with van der Waals surface area (Å²) in [5.74, 6) is 1.66. The van der Waals surface area contributed by atoms with Gasteiger partial charge < -0.3 is 15.2 Å². The van der Waals surface area contributed by atoms with Crippen LogP contribution >= 0.6 is 0 Å². The summed E-state index contributed by atoms with van der Waals surface area (Å²) in [6, 6.07) is 4.09. The van der Waals surface area contributed by atoms with E-state index in [1.165, 1.54) is 11.1 Å². The molecule has 0 fully saturated rings. The lowest BCUT2D eigenvalue weighted by molar-refractivity contribution is 0.168. The van der Waals surface area contributed by atoms with Gasteiger partial charge >= 0.3 is 0 Å². The Balaban J connectivity index is 2.33. The zero-order valence-electron chi connectivity index (χ0n) is 10.1. The molecule has 2 atom stereocenters. The van der Waals surface area contributed by atoms with E-state index in [4.69, 9.17) is 15.2 Å². The van der Waals surface area contributed by atoms with Crippen LogP contribution in [0, 0.1) is 13.8 Å². The molecule has 0 spiro atoms. The Bertz CT molecular complexity index is 388. The Hall–Kier alpha value is -1.22. The van der Waals surface area contributed by atoms with Gasteiger partial charge in [0.1, 0.15) is 6.10 Å². The Kier molecular flexibility index (Phi) is 3.06. The van der Waals surface area contributed by atoms with Crippen molar-refractivity contribution in [2.24, 2.45) is 5.73 Å². The maximum Gasteiger partial charge on any atom is 0.161 e. The fourth-order valence-electron chi connectivity index (χ4n) is 1.85. The highest BCUT2D eigenvalue weighted by Gasteiger charge is 2.22. The summed E-state index contributed by atoms with van der Waals surface area (Å²) in [5.41, 5.74) is 8.32. The van der Waals surface area contributed by atoms with E-state index in [1.54, 1.807) is 0 Å². The van der Waals surface area contributed by atoms with Crippen LogP contribution in [-0.2, 0) is 0 Å². The highest BCUT2D eigenvalue weighted by Crippen LogP contribution is 2.34. The van der Waals surface area contributed by atoms with Crippen LogP contribution in [-0.4, -0.2) is 18.8 Å². The normalized spacial score (nSPS) is 21.4. The van der Waals surface area contributed by atoms with Crippen LogP contribution in [0.4, 0.5) is 0 Å². The average molecular weight is 221 g/mol. The maximum atomic E-state index is 5.90. The predicted octanol–water partition coefficient (Wildman–Crippen LogP) is 2.18. The van der Waals surface area contributed by atoms with Gasteiger partial charge in [0.15, 0.2) is 11.5 Å².